The van der Waals surface area contributed by atoms with E-state index in [4.69, 9.17) is 5.26 Å². The molecule has 3 aliphatic heterocycles. The van der Waals surface area contributed by atoms with E-state index in [1.54, 1.807) is 0 Å². The lowest BCUT2D eigenvalue weighted by Crippen LogP contribution is -2.40. The molecule has 0 aliphatic carbocycles. The molecule has 3 heterocycles. The number of nitriles is 1. The Balaban J connectivity index is 1.31. The van der Waals surface area contributed by atoms with Crippen LogP contribution in [0.25, 0.3) is 0 Å². The van der Waals surface area contributed by atoms with Crippen molar-refractivity contribution < 1.29 is 4.79 Å². The van der Waals surface area contributed by atoms with Crippen molar-refractivity contribution in [3.05, 3.63) is 64.7 Å². The molecule has 0 aromatic heterocycles. The van der Waals surface area contributed by atoms with Gasteiger partial charge in [-0.15, -0.1) is 0 Å². The monoisotopic (exact) mass is 441 g/mol. The van der Waals surface area contributed by atoms with Crippen LogP contribution in [0.1, 0.15) is 72.1 Å². The van der Waals surface area contributed by atoms with Crippen molar-refractivity contribution in [2.75, 3.05) is 31.1 Å². The van der Waals surface area contributed by atoms with E-state index in [0.29, 0.717) is 11.5 Å². The van der Waals surface area contributed by atoms with E-state index in [1.807, 2.05) is 30.0 Å². The van der Waals surface area contributed by atoms with Crippen LogP contribution in [-0.4, -0.2) is 48.9 Å². The van der Waals surface area contributed by atoms with E-state index in [2.05, 4.69) is 52.5 Å². The van der Waals surface area contributed by atoms with Crippen LogP contribution in [0, 0.1) is 11.3 Å². The summed E-state index contributed by atoms with van der Waals surface area (Å²) >= 11 is 0. The molecule has 3 aliphatic rings. The van der Waals surface area contributed by atoms with Gasteiger partial charge in [0, 0.05) is 43.0 Å². The fourth-order valence-electron chi connectivity index (χ4n) is 5.31. The average Bonchev–Trinajstić information content (AvgIpc) is 3.15. The molecule has 2 saturated heterocycles. The van der Waals surface area contributed by atoms with Gasteiger partial charge in [0.15, 0.2) is 0 Å². The van der Waals surface area contributed by atoms with Gasteiger partial charge in [0.05, 0.1) is 29.6 Å². The summed E-state index contributed by atoms with van der Waals surface area (Å²) in [6.45, 7) is 7.80. The second kappa shape index (κ2) is 8.90. The quantitative estimate of drug-likeness (QED) is 0.770. The average molecular weight is 442 g/mol. The highest BCUT2D eigenvalue weighted by Gasteiger charge is 2.31. The first-order chi connectivity index (χ1) is 16.0. The van der Waals surface area contributed by atoms with E-state index < -0.39 is 0 Å². The predicted molar refractivity (Wildman–Crippen MR) is 131 cm³/mol. The molecule has 1 N–H and O–H groups in total. The Labute approximate surface area is 195 Å². The van der Waals surface area contributed by atoms with Gasteiger partial charge < -0.3 is 15.1 Å². The Morgan fingerprint density at radius 3 is 2.39 bits per heavy atom. The Kier molecular flexibility index (Phi) is 5.80. The molecule has 1 amide bonds. The third-order valence-electron chi connectivity index (χ3n) is 7.34. The number of aliphatic imine (C=N–C) groups is 1. The Bertz CT molecular complexity index is 1100. The molecular weight excluding hydrogens is 410 g/mol. The van der Waals surface area contributed by atoms with E-state index in [-0.39, 0.29) is 18.0 Å². The minimum Gasteiger partial charge on any atom is -0.371 e. The zero-order valence-corrected chi connectivity index (χ0v) is 19.4. The van der Waals surface area contributed by atoms with Gasteiger partial charge in [0.1, 0.15) is 0 Å². The molecule has 0 bridgehead atoms. The number of amides is 1. The minimum atomic E-state index is 0.107. The summed E-state index contributed by atoms with van der Waals surface area (Å²) in [5, 5.41) is 12.5. The number of nitrogens with zero attached hydrogens (tertiary/aromatic N) is 4. The van der Waals surface area contributed by atoms with Gasteiger partial charge in [0.25, 0.3) is 5.91 Å². The summed E-state index contributed by atoms with van der Waals surface area (Å²) in [6.07, 6.45) is 3.12. The summed E-state index contributed by atoms with van der Waals surface area (Å²) in [7, 11) is 0. The normalized spacial score (nSPS) is 22.9. The minimum absolute atomic E-state index is 0.107. The maximum absolute atomic E-state index is 13.4. The smallest absolute Gasteiger partial charge is 0.253 e. The maximum Gasteiger partial charge on any atom is 0.253 e. The maximum atomic E-state index is 13.4. The molecule has 5 rings (SSSR count). The van der Waals surface area contributed by atoms with Crippen molar-refractivity contribution in [3.8, 4) is 6.07 Å². The van der Waals surface area contributed by atoms with Gasteiger partial charge in [-0.05, 0) is 74.9 Å². The fourth-order valence-corrected chi connectivity index (χ4v) is 5.31. The number of benzene rings is 2. The van der Waals surface area contributed by atoms with Gasteiger partial charge in [-0.1, -0.05) is 12.1 Å². The lowest BCUT2D eigenvalue weighted by Gasteiger charge is -2.37. The Morgan fingerprint density at radius 1 is 1.09 bits per heavy atom. The van der Waals surface area contributed by atoms with Gasteiger partial charge in [-0.3, -0.25) is 9.79 Å². The molecule has 6 nitrogen and oxygen atoms in total. The van der Waals surface area contributed by atoms with Crippen LogP contribution in [0.5, 0.6) is 0 Å². The first-order valence-corrected chi connectivity index (χ1v) is 12.0. The molecule has 2 atom stereocenters. The number of piperidine rings is 1. The zero-order valence-electron chi connectivity index (χ0n) is 19.4. The SMILES string of the molecule is CC1=NC(C)C(c2cc(C(=O)N3CCC(c4ccc(C#N)cc4)CC3)ccc2N2CCC2)N1. The summed E-state index contributed by atoms with van der Waals surface area (Å²) in [4.78, 5) is 22.5. The molecule has 2 unspecified atom stereocenters. The Hall–Kier alpha value is -3.33. The van der Waals surface area contributed by atoms with Gasteiger partial charge >= 0.3 is 0 Å². The van der Waals surface area contributed by atoms with Crippen molar-refractivity contribution in [2.45, 2.75) is 51.1 Å². The van der Waals surface area contributed by atoms with Crippen LogP contribution in [0.2, 0.25) is 0 Å². The van der Waals surface area contributed by atoms with E-state index >= 15 is 0 Å². The highest BCUT2D eigenvalue weighted by Crippen LogP contribution is 2.35. The van der Waals surface area contributed by atoms with Crippen LogP contribution in [0.15, 0.2) is 47.5 Å². The number of carbonyl (C=O) groups excluding carboxylic acids is 1. The highest BCUT2D eigenvalue weighted by molar-refractivity contribution is 5.95. The lowest BCUT2D eigenvalue weighted by molar-refractivity contribution is 0.0713. The fraction of sp³-hybridized carbons (Fsp3) is 0.444. The standard InChI is InChI=1S/C27H31N5O/c1-18-26(30-19(2)29-18)24-16-23(8-9-25(24)31-12-3-13-31)27(33)32-14-10-22(11-15-32)21-6-4-20(17-28)5-7-21/h4-9,16,18,22,26H,3,10-15H2,1-2H3,(H,29,30). The number of rotatable bonds is 4. The molecule has 0 radical (unpaired) electrons. The van der Waals surface area contributed by atoms with Crippen molar-refractivity contribution in [1.29, 1.82) is 5.26 Å². The van der Waals surface area contributed by atoms with Gasteiger partial charge in [0.2, 0.25) is 0 Å². The molecular formula is C27H31N5O. The number of hydrogen-bond donors (Lipinski definition) is 1. The summed E-state index contributed by atoms with van der Waals surface area (Å²) < 4.78 is 0. The molecule has 2 fully saturated rings. The summed E-state index contributed by atoms with van der Waals surface area (Å²) in [5.74, 6) is 1.52. The zero-order chi connectivity index (χ0) is 22.9. The van der Waals surface area contributed by atoms with E-state index in [1.165, 1.54) is 23.2 Å². The van der Waals surface area contributed by atoms with Crippen molar-refractivity contribution in [1.82, 2.24) is 10.2 Å². The summed E-state index contributed by atoms with van der Waals surface area (Å²) in [6, 6.07) is 16.6. The molecule has 2 aromatic rings. The lowest BCUT2D eigenvalue weighted by atomic mass is 9.88. The molecule has 2 aromatic carbocycles. The second-order valence-corrected chi connectivity index (χ2v) is 9.49. The molecule has 170 valence electrons. The second-order valence-electron chi connectivity index (χ2n) is 9.49. The predicted octanol–water partition coefficient (Wildman–Crippen LogP) is 4.24. The number of carbonyl (C=O) groups is 1. The van der Waals surface area contributed by atoms with Crippen molar-refractivity contribution in [3.63, 3.8) is 0 Å². The first-order valence-electron chi connectivity index (χ1n) is 12.0. The first kappa shape index (κ1) is 21.5. The van der Waals surface area contributed by atoms with E-state index in [9.17, 15) is 4.79 Å². The van der Waals surface area contributed by atoms with Gasteiger partial charge in [-0.25, -0.2) is 0 Å². The topological polar surface area (TPSA) is 71.7 Å². The molecule has 33 heavy (non-hydrogen) atoms. The third kappa shape index (κ3) is 4.20. The molecule has 0 spiro atoms. The third-order valence-corrected chi connectivity index (χ3v) is 7.34. The van der Waals surface area contributed by atoms with Crippen LogP contribution >= 0.6 is 0 Å². The van der Waals surface area contributed by atoms with Crippen LogP contribution in [-0.2, 0) is 0 Å². The highest BCUT2D eigenvalue weighted by atomic mass is 16.2. The van der Waals surface area contributed by atoms with Crippen molar-refractivity contribution >= 4 is 17.4 Å². The largest absolute Gasteiger partial charge is 0.371 e. The number of hydrogen-bond acceptors (Lipinski definition) is 5. The molecule has 0 saturated carbocycles. The van der Waals surface area contributed by atoms with Crippen LogP contribution < -0.4 is 10.2 Å². The molecule has 6 heteroatoms. The van der Waals surface area contributed by atoms with Crippen molar-refractivity contribution in [2.24, 2.45) is 4.99 Å². The number of likely N-dealkylation sites (tertiary alicyclic amines) is 1. The summed E-state index contributed by atoms with van der Waals surface area (Å²) in [5.41, 5.74) is 5.13. The van der Waals surface area contributed by atoms with Crippen LogP contribution in [0.4, 0.5) is 5.69 Å². The number of amidine groups is 1. The number of nitrogens with one attached hydrogen (secondary N) is 1. The number of anilines is 1. The van der Waals surface area contributed by atoms with Crippen LogP contribution in [0.3, 0.4) is 0 Å². The van der Waals surface area contributed by atoms with E-state index in [0.717, 1.165) is 50.4 Å². The van der Waals surface area contributed by atoms with Gasteiger partial charge in [-0.2, -0.15) is 5.26 Å². The Morgan fingerprint density at radius 2 is 1.82 bits per heavy atom.